The number of amides is 1. The molecule has 0 spiro atoms. The molecule has 0 saturated heterocycles. The number of hydrogen-bond donors (Lipinski definition) is 2. The number of carbonyl (C=O) groups is 2. The Morgan fingerprint density at radius 3 is 2.55 bits per heavy atom. The van der Waals surface area contributed by atoms with E-state index in [0.29, 0.717) is 11.3 Å². The fourth-order valence-corrected chi connectivity index (χ4v) is 2.27. The van der Waals surface area contributed by atoms with Crippen LogP contribution in [0.25, 0.3) is 0 Å². The minimum absolute atomic E-state index is 0.0814. The van der Waals surface area contributed by atoms with Crippen LogP contribution in [0.5, 0.6) is 0 Å². The van der Waals surface area contributed by atoms with Crippen molar-refractivity contribution in [3.8, 4) is 0 Å². The molecule has 0 radical (unpaired) electrons. The van der Waals surface area contributed by atoms with Crippen molar-refractivity contribution in [1.82, 2.24) is 0 Å². The van der Waals surface area contributed by atoms with Crippen LogP contribution in [0.1, 0.15) is 26.3 Å². The van der Waals surface area contributed by atoms with Crippen LogP contribution < -0.4 is 5.32 Å². The van der Waals surface area contributed by atoms with Crippen LogP contribution in [-0.4, -0.2) is 17.0 Å². The molecule has 0 saturated carbocycles. The van der Waals surface area contributed by atoms with Gasteiger partial charge in [0.25, 0.3) is 5.91 Å². The maximum absolute atomic E-state index is 12.1. The minimum atomic E-state index is -1.07. The zero-order chi connectivity index (χ0) is 14.7. The summed E-state index contributed by atoms with van der Waals surface area (Å²) in [7, 11) is 0. The molecule has 0 aliphatic rings. The van der Waals surface area contributed by atoms with Crippen molar-refractivity contribution >= 4 is 40.2 Å². The number of rotatable bonds is 3. The molecule has 0 atom stereocenters. The number of carboxylic acids is 1. The van der Waals surface area contributed by atoms with E-state index in [1.54, 1.807) is 30.3 Å². The first-order valence-corrected chi connectivity index (χ1v) is 6.96. The third kappa shape index (κ3) is 3.36. The monoisotopic (exact) mass is 381 g/mol. The molecule has 4 nitrogen and oxygen atoms in total. The highest BCUT2D eigenvalue weighted by Crippen LogP contribution is 2.20. The second-order valence-electron chi connectivity index (χ2n) is 4.32. The molecular formula is C15H12INO3. The van der Waals surface area contributed by atoms with Gasteiger partial charge in [-0.1, -0.05) is 17.7 Å². The molecule has 0 aromatic heterocycles. The van der Waals surface area contributed by atoms with Gasteiger partial charge in [0.1, 0.15) is 0 Å². The number of carbonyl (C=O) groups excluding carboxylic acids is 1. The topological polar surface area (TPSA) is 66.4 Å². The van der Waals surface area contributed by atoms with Gasteiger partial charge in [0.05, 0.1) is 11.3 Å². The highest BCUT2D eigenvalue weighted by molar-refractivity contribution is 14.1. The Morgan fingerprint density at radius 1 is 1.15 bits per heavy atom. The lowest BCUT2D eigenvalue weighted by molar-refractivity contribution is 0.0698. The zero-order valence-corrected chi connectivity index (χ0v) is 12.8. The number of hydrogen-bond acceptors (Lipinski definition) is 2. The number of nitrogens with one attached hydrogen (secondary N) is 1. The van der Waals surface area contributed by atoms with E-state index in [4.69, 9.17) is 5.11 Å². The van der Waals surface area contributed by atoms with Gasteiger partial charge in [-0.05, 0) is 59.8 Å². The highest BCUT2D eigenvalue weighted by Gasteiger charge is 2.14. The molecule has 2 rings (SSSR count). The average Bonchev–Trinajstić information content (AvgIpc) is 2.40. The van der Waals surface area contributed by atoms with Crippen LogP contribution in [0, 0.1) is 10.5 Å². The maximum atomic E-state index is 12.1. The largest absolute Gasteiger partial charge is 0.478 e. The van der Waals surface area contributed by atoms with Gasteiger partial charge in [-0.15, -0.1) is 0 Å². The zero-order valence-electron chi connectivity index (χ0n) is 10.7. The normalized spacial score (nSPS) is 10.1. The summed E-state index contributed by atoms with van der Waals surface area (Å²) >= 11 is 2.03. The molecule has 2 aromatic carbocycles. The molecule has 102 valence electrons. The van der Waals surface area contributed by atoms with Crippen LogP contribution in [0.3, 0.4) is 0 Å². The van der Waals surface area contributed by atoms with Crippen LogP contribution in [0.15, 0.2) is 42.5 Å². The van der Waals surface area contributed by atoms with E-state index < -0.39 is 5.97 Å². The van der Waals surface area contributed by atoms with E-state index in [1.807, 2.05) is 35.6 Å². The van der Waals surface area contributed by atoms with Crippen LogP contribution in [0.2, 0.25) is 0 Å². The number of benzene rings is 2. The summed E-state index contributed by atoms with van der Waals surface area (Å²) in [5.74, 6) is -1.39. The van der Waals surface area contributed by atoms with Gasteiger partial charge in [-0.3, -0.25) is 4.79 Å². The summed E-state index contributed by atoms with van der Waals surface area (Å²) in [5.41, 5.74) is 1.85. The van der Waals surface area contributed by atoms with Crippen LogP contribution >= 0.6 is 22.6 Å². The number of halogens is 1. The van der Waals surface area contributed by atoms with E-state index in [-0.39, 0.29) is 11.5 Å². The van der Waals surface area contributed by atoms with E-state index in [0.717, 1.165) is 9.13 Å². The van der Waals surface area contributed by atoms with Crippen molar-refractivity contribution in [1.29, 1.82) is 0 Å². The lowest BCUT2D eigenvalue weighted by atomic mass is 10.1. The molecule has 1 amide bonds. The standard InChI is InChI=1S/C15H12INO3/c1-9-3-2-4-10(7-9)14(18)17-13-6-5-11(16)8-12(13)15(19)20/h2-8H,1H3,(H,17,18)(H,19,20). The molecule has 2 N–H and O–H groups in total. The highest BCUT2D eigenvalue weighted by atomic mass is 127. The number of aryl methyl sites for hydroxylation is 1. The minimum Gasteiger partial charge on any atom is -0.478 e. The predicted molar refractivity (Wildman–Crippen MR) is 85.3 cm³/mol. The Labute approximate surface area is 130 Å². The number of carboxylic acid groups (broad SMARTS) is 1. The Balaban J connectivity index is 2.30. The van der Waals surface area contributed by atoms with Gasteiger partial charge < -0.3 is 10.4 Å². The third-order valence-corrected chi connectivity index (χ3v) is 3.41. The Bertz CT molecular complexity index is 683. The van der Waals surface area contributed by atoms with Crippen LogP contribution in [0.4, 0.5) is 5.69 Å². The first-order chi connectivity index (χ1) is 9.47. The summed E-state index contributed by atoms with van der Waals surface area (Å²) in [4.78, 5) is 23.3. The van der Waals surface area contributed by atoms with Crippen molar-refractivity contribution in [2.75, 3.05) is 5.32 Å². The molecule has 0 heterocycles. The molecular weight excluding hydrogens is 369 g/mol. The summed E-state index contributed by atoms with van der Waals surface area (Å²) in [6, 6.07) is 12.0. The Morgan fingerprint density at radius 2 is 1.90 bits per heavy atom. The lowest BCUT2D eigenvalue weighted by Crippen LogP contribution is -2.15. The van der Waals surface area contributed by atoms with Crippen molar-refractivity contribution in [3.63, 3.8) is 0 Å². The summed E-state index contributed by atoms with van der Waals surface area (Å²) < 4.78 is 0.800. The van der Waals surface area contributed by atoms with Crippen molar-refractivity contribution in [2.24, 2.45) is 0 Å². The van der Waals surface area contributed by atoms with Gasteiger partial charge in [0, 0.05) is 9.13 Å². The number of anilines is 1. The van der Waals surface area contributed by atoms with Gasteiger partial charge in [-0.25, -0.2) is 4.79 Å². The summed E-state index contributed by atoms with van der Waals surface area (Å²) in [5, 5.41) is 11.8. The van der Waals surface area contributed by atoms with Crippen LogP contribution in [-0.2, 0) is 0 Å². The van der Waals surface area contributed by atoms with E-state index >= 15 is 0 Å². The second kappa shape index (κ2) is 6.04. The first kappa shape index (κ1) is 14.5. The quantitative estimate of drug-likeness (QED) is 0.800. The van der Waals surface area contributed by atoms with Gasteiger partial charge in [-0.2, -0.15) is 0 Å². The lowest BCUT2D eigenvalue weighted by Gasteiger charge is -2.09. The molecule has 2 aromatic rings. The molecule has 20 heavy (non-hydrogen) atoms. The van der Waals surface area contributed by atoms with Crippen molar-refractivity contribution in [2.45, 2.75) is 6.92 Å². The summed E-state index contributed by atoms with van der Waals surface area (Å²) in [6.45, 7) is 1.89. The average molecular weight is 381 g/mol. The Hall–Kier alpha value is -1.89. The molecule has 0 fully saturated rings. The third-order valence-electron chi connectivity index (χ3n) is 2.74. The SMILES string of the molecule is Cc1cccc(C(=O)Nc2ccc(I)cc2C(=O)O)c1. The summed E-state index contributed by atoms with van der Waals surface area (Å²) in [6.07, 6.45) is 0. The van der Waals surface area contributed by atoms with Gasteiger partial charge >= 0.3 is 5.97 Å². The van der Waals surface area contributed by atoms with Gasteiger partial charge in [0.15, 0.2) is 0 Å². The smallest absolute Gasteiger partial charge is 0.337 e. The van der Waals surface area contributed by atoms with Crippen molar-refractivity contribution < 1.29 is 14.7 Å². The predicted octanol–water partition coefficient (Wildman–Crippen LogP) is 3.55. The maximum Gasteiger partial charge on any atom is 0.337 e. The first-order valence-electron chi connectivity index (χ1n) is 5.88. The molecule has 0 aliphatic heterocycles. The van der Waals surface area contributed by atoms with E-state index in [1.165, 1.54) is 6.07 Å². The van der Waals surface area contributed by atoms with E-state index in [2.05, 4.69) is 5.32 Å². The molecule has 0 unspecified atom stereocenters. The molecule has 0 bridgehead atoms. The fourth-order valence-electron chi connectivity index (χ4n) is 1.78. The van der Waals surface area contributed by atoms with Crippen molar-refractivity contribution in [3.05, 3.63) is 62.7 Å². The molecule has 0 aliphatic carbocycles. The van der Waals surface area contributed by atoms with E-state index in [9.17, 15) is 9.59 Å². The molecule has 5 heteroatoms. The number of aromatic carboxylic acids is 1. The fraction of sp³-hybridized carbons (Fsp3) is 0.0667. The Kier molecular flexibility index (Phi) is 4.39. The second-order valence-corrected chi connectivity index (χ2v) is 5.56. The van der Waals surface area contributed by atoms with Gasteiger partial charge in [0.2, 0.25) is 0 Å².